The molecule has 3 rings (SSSR count). The van der Waals surface area contributed by atoms with Crippen molar-refractivity contribution in [2.24, 2.45) is 0 Å². The summed E-state index contributed by atoms with van der Waals surface area (Å²) in [6, 6.07) is 4.29. The molecule has 0 radical (unpaired) electrons. The fraction of sp³-hybridized carbons (Fsp3) is 0.583. The molecule has 0 saturated carbocycles. The van der Waals surface area contributed by atoms with E-state index in [4.69, 9.17) is 0 Å². The van der Waals surface area contributed by atoms with Crippen LogP contribution in [0.4, 0.5) is 0 Å². The van der Waals surface area contributed by atoms with E-state index in [1.807, 2.05) is 23.0 Å². The third-order valence-electron chi connectivity index (χ3n) is 3.51. The van der Waals surface area contributed by atoms with Crippen LogP contribution in [0.15, 0.2) is 18.3 Å². The van der Waals surface area contributed by atoms with Gasteiger partial charge in [0.1, 0.15) is 5.52 Å². The van der Waals surface area contributed by atoms with Crippen LogP contribution >= 0.6 is 0 Å². The largest absolute Gasteiger partial charge is 0.301 e. The zero-order chi connectivity index (χ0) is 11.7. The first-order chi connectivity index (χ1) is 8.38. The van der Waals surface area contributed by atoms with Crippen LogP contribution in [0.5, 0.6) is 0 Å². The lowest BCUT2D eigenvalue weighted by atomic mass is 10.1. The van der Waals surface area contributed by atoms with Gasteiger partial charge in [-0.2, -0.15) is 0 Å². The first-order valence-corrected chi connectivity index (χ1v) is 6.26. The number of piperidine rings is 1. The fourth-order valence-corrected chi connectivity index (χ4v) is 2.55. The molecular weight excluding hydrogens is 214 g/mol. The lowest BCUT2D eigenvalue weighted by Gasteiger charge is -2.31. The van der Waals surface area contributed by atoms with Gasteiger partial charge in [0.2, 0.25) is 0 Å². The van der Waals surface area contributed by atoms with Gasteiger partial charge in [0.05, 0.1) is 6.04 Å². The quantitative estimate of drug-likeness (QED) is 0.785. The maximum Gasteiger partial charge on any atom is 0.178 e. The zero-order valence-electron chi connectivity index (χ0n) is 10.1. The molecule has 0 spiro atoms. The van der Waals surface area contributed by atoms with Gasteiger partial charge in [-0.15, -0.1) is 5.10 Å². The molecule has 0 aliphatic carbocycles. The van der Waals surface area contributed by atoms with E-state index in [0.717, 1.165) is 24.3 Å². The summed E-state index contributed by atoms with van der Waals surface area (Å²) in [7, 11) is 0. The van der Waals surface area contributed by atoms with E-state index in [2.05, 4.69) is 27.1 Å². The number of rotatable bonds is 2. The van der Waals surface area contributed by atoms with Gasteiger partial charge in [0, 0.05) is 12.7 Å². The number of fused-ring (bicyclic) bond motifs is 1. The molecule has 2 aromatic rings. The van der Waals surface area contributed by atoms with E-state index in [-0.39, 0.29) is 0 Å². The molecule has 1 aliphatic rings. The Morgan fingerprint density at radius 1 is 1.47 bits per heavy atom. The van der Waals surface area contributed by atoms with Crippen LogP contribution in [0, 0.1) is 0 Å². The Kier molecular flexibility index (Phi) is 2.76. The standard InChI is InChI=1S/C12H17N5/c1-2-16-8-4-5-10(9-16)17-12-11(14-15-17)6-3-7-13-12/h3,6-7,10H,2,4-5,8-9H2,1H3. The molecule has 0 amide bonds. The average Bonchev–Trinajstić information content (AvgIpc) is 2.82. The topological polar surface area (TPSA) is 46.8 Å². The molecule has 5 heteroatoms. The van der Waals surface area contributed by atoms with Crippen LogP contribution in [-0.4, -0.2) is 44.5 Å². The summed E-state index contributed by atoms with van der Waals surface area (Å²) in [4.78, 5) is 6.85. The van der Waals surface area contributed by atoms with Gasteiger partial charge >= 0.3 is 0 Å². The van der Waals surface area contributed by atoms with E-state index in [9.17, 15) is 0 Å². The van der Waals surface area contributed by atoms with Crippen LogP contribution in [-0.2, 0) is 0 Å². The number of nitrogens with zero attached hydrogens (tertiary/aromatic N) is 5. The number of hydrogen-bond donors (Lipinski definition) is 0. The molecular formula is C12H17N5. The van der Waals surface area contributed by atoms with E-state index < -0.39 is 0 Å². The summed E-state index contributed by atoms with van der Waals surface area (Å²) in [5.74, 6) is 0. The predicted octanol–water partition coefficient (Wildman–Crippen LogP) is 1.48. The molecule has 0 aromatic carbocycles. The van der Waals surface area contributed by atoms with Crippen molar-refractivity contribution in [3.8, 4) is 0 Å². The Hall–Kier alpha value is -1.49. The Morgan fingerprint density at radius 3 is 3.29 bits per heavy atom. The smallest absolute Gasteiger partial charge is 0.178 e. The molecule has 1 aliphatic heterocycles. The molecule has 90 valence electrons. The second-order valence-electron chi connectivity index (χ2n) is 4.57. The highest BCUT2D eigenvalue weighted by atomic mass is 15.5. The Balaban J connectivity index is 1.92. The van der Waals surface area contributed by atoms with Crippen LogP contribution < -0.4 is 0 Å². The van der Waals surface area contributed by atoms with Crippen LogP contribution in [0.1, 0.15) is 25.8 Å². The van der Waals surface area contributed by atoms with Gasteiger partial charge in [-0.3, -0.25) is 0 Å². The molecule has 0 N–H and O–H groups in total. The monoisotopic (exact) mass is 231 g/mol. The van der Waals surface area contributed by atoms with Gasteiger partial charge in [-0.05, 0) is 38.1 Å². The molecule has 0 bridgehead atoms. The molecule has 1 saturated heterocycles. The van der Waals surface area contributed by atoms with Crippen LogP contribution in [0.25, 0.3) is 11.2 Å². The summed E-state index contributed by atoms with van der Waals surface area (Å²) in [5.41, 5.74) is 1.80. The summed E-state index contributed by atoms with van der Waals surface area (Å²) >= 11 is 0. The van der Waals surface area contributed by atoms with Gasteiger partial charge < -0.3 is 4.90 Å². The maximum absolute atomic E-state index is 4.39. The summed E-state index contributed by atoms with van der Waals surface area (Å²) in [6.07, 6.45) is 4.21. The molecule has 3 heterocycles. The van der Waals surface area contributed by atoms with E-state index in [1.165, 1.54) is 19.4 Å². The number of pyridine rings is 1. The minimum absolute atomic E-state index is 0.420. The van der Waals surface area contributed by atoms with Gasteiger partial charge in [0.25, 0.3) is 0 Å². The first kappa shape index (κ1) is 10.7. The normalized spacial score (nSPS) is 22.1. The van der Waals surface area contributed by atoms with Crippen molar-refractivity contribution < 1.29 is 0 Å². The number of hydrogen-bond acceptors (Lipinski definition) is 4. The fourth-order valence-electron chi connectivity index (χ4n) is 2.55. The summed E-state index contributed by atoms with van der Waals surface area (Å²) < 4.78 is 2.00. The minimum atomic E-state index is 0.420. The average molecular weight is 231 g/mol. The Labute approximate surface area is 100 Å². The van der Waals surface area contributed by atoms with Crippen molar-refractivity contribution in [2.75, 3.05) is 19.6 Å². The minimum Gasteiger partial charge on any atom is -0.301 e. The second kappa shape index (κ2) is 4.41. The number of aromatic nitrogens is 4. The number of likely N-dealkylation sites (tertiary alicyclic amines) is 1. The van der Waals surface area contributed by atoms with Gasteiger partial charge in [0.15, 0.2) is 5.65 Å². The van der Waals surface area contributed by atoms with Gasteiger partial charge in [-0.1, -0.05) is 12.1 Å². The molecule has 2 aromatic heterocycles. The molecule has 1 fully saturated rings. The van der Waals surface area contributed by atoms with Crippen molar-refractivity contribution in [3.05, 3.63) is 18.3 Å². The molecule has 5 nitrogen and oxygen atoms in total. The highest BCUT2D eigenvalue weighted by Crippen LogP contribution is 2.22. The number of likely N-dealkylation sites (N-methyl/N-ethyl adjacent to an activating group) is 1. The maximum atomic E-state index is 4.39. The van der Waals surface area contributed by atoms with Crippen molar-refractivity contribution in [2.45, 2.75) is 25.8 Å². The van der Waals surface area contributed by atoms with Crippen LogP contribution in [0.2, 0.25) is 0 Å². The third-order valence-corrected chi connectivity index (χ3v) is 3.51. The first-order valence-electron chi connectivity index (χ1n) is 6.26. The van der Waals surface area contributed by atoms with Crippen LogP contribution in [0.3, 0.4) is 0 Å². The SMILES string of the molecule is CCN1CCCC(n2nnc3cccnc32)C1. The highest BCUT2D eigenvalue weighted by Gasteiger charge is 2.22. The van der Waals surface area contributed by atoms with Crippen molar-refractivity contribution in [1.82, 2.24) is 24.9 Å². The molecule has 1 unspecified atom stereocenters. The van der Waals surface area contributed by atoms with E-state index >= 15 is 0 Å². The van der Waals surface area contributed by atoms with Crippen molar-refractivity contribution in [3.63, 3.8) is 0 Å². The van der Waals surface area contributed by atoms with E-state index in [1.54, 1.807) is 0 Å². The van der Waals surface area contributed by atoms with E-state index in [0.29, 0.717) is 6.04 Å². The highest BCUT2D eigenvalue weighted by molar-refractivity contribution is 5.68. The summed E-state index contributed by atoms with van der Waals surface area (Å²) in [6.45, 7) is 5.58. The zero-order valence-corrected chi connectivity index (χ0v) is 10.1. The molecule has 17 heavy (non-hydrogen) atoms. The van der Waals surface area contributed by atoms with Crippen molar-refractivity contribution >= 4 is 11.2 Å². The second-order valence-corrected chi connectivity index (χ2v) is 4.57. The van der Waals surface area contributed by atoms with Gasteiger partial charge in [-0.25, -0.2) is 9.67 Å². The predicted molar refractivity (Wildman–Crippen MR) is 65.7 cm³/mol. The third kappa shape index (κ3) is 1.91. The Bertz CT molecular complexity index is 506. The lowest BCUT2D eigenvalue weighted by Crippen LogP contribution is -2.36. The molecule has 1 atom stereocenters. The Morgan fingerprint density at radius 2 is 2.41 bits per heavy atom. The van der Waals surface area contributed by atoms with Crippen molar-refractivity contribution in [1.29, 1.82) is 0 Å². The summed E-state index contributed by atoms with van der Waals surface area (Å²) in [5, 5.41) is 8.44. The lowest BCUT2D eigenvalue weighted by molar-refractivity contribution is 0.178.